The summed E-state index contributed by atoms with van der Waals surface area (Å²) in [5.74, 6) is -0.188. The summed E-state index contributed by atoms with van der Waals surface area (Å²) in [4.78, 5) is 18.6. The van der Waals surface area contributed by atoms with Crippen LogP contribution in [0.2, 0.25) is 0 Å². The first-order valence-electron chi connectivity index (χ1n) is 7.36. The molecule has 2 rings (SSSR count). The second-order valence-electron chi connectivity index (χ2n) is 5.15. The lowest BCUT2D eigenvalue weighted by Gasteiger charge is -2.15. The molecule has 1 amide bonds. The van der Waals surface area contributed by atoms with Crippen molar-refractivity contribution in [3.63, 3.8) is 0 Å². The van der Waals surface area contributed by atoms with Crippen LogP contribution in [0.25, 0.3) is 0 Å². The van der Waals surface area contributed by atoms with Gasteiger partial charge in [0.1, 0.15) is 5.69 Å². The number of amides is 1. The smallest absolute Gasteiger partial charge is 0.348 e. The molecule has 2 N–H and O–H groups in total. The summed E-state index contributed by atoms with van der Waals surface area (Å²) in [6.45, 7) is 3.54. The number of hydrogen-bond acceptors (Lipinski definition) is 4. The predicted octanol–water partition coefficient (Wildman–Crippen LogP) is 4.02. The van der Waals surface area contributed by atoms with Crippen molar-refractivity contribution in [2.75, 3.05) is 10.6 Å². The molecule has 128 valence electrons. The second-order valence-corrected chi connectivity index (χ2v) is 5.15. The Morgan fingerprint density at radius 1 is 1.21 bits per heavy atom. The Kier molecular flexibility index (Phi) is 5.38. The molecule has 1 aromatic heterocycles. The Balaban J connectivity index is 2.07. The van der Waals surface area contributed by atoms with Crippen molar-refractivity contribution in [3.05, 3.63) is 47.8 Å². The molecule has 1 heterocycles. The van der Waals surface area contributed by atoms with Crippen molar-refractivity contribution in [1.29, 1.82) is 0 Å². The molecule has 0 aliphatic heterocycles. The summed E-state index contributed by atoms with van der Waals surface area (Å²) in [7, 11) is 0. The van der Waals surface area contributed by atoms with Crippen LogP contribution in [0, 0.1) is 0 Å². The van der Waals surface area contributed by atoms with Crippen LogP contribution >= 0.6 is 0 Å². The minimum absolute atomic E-state index is 0.0914. The van der Waals surface area contributed by atoms with Gasteiger partial charge in [0.05, 0.1) is 6.04 Å². The maximum Gasteiger partial charge on any atom is 0.433 e. The standard InChI is InChI=1S/C16H17F3N4O/c1-3-14(24)22-12-6-4-11(5-7-12)10(2)21-15-20-9-8-13(23-15)16(17,18)19/h4-10H,3H2,1-2H3,(H,22,24)(H,20,21,23). The van der Waals surface area contributed by atoms with Crippen molar-refractivity contribution in [1.82, 2.24) is 9.97 Å². The first-order valence-corrected chi connectivity index (χ1v) is 7.36. The topological polar surface area (TPSA) is 66.9 Å². The van der Waals surface area contributed by atoms with Crippen LogP contribution in [-0.2, 0) is 11.0 Å². The molecule has 24 heavy (non-hydrogen) atoms. The highest BCUT2D eigenvalue weighted by molar-refractivity contribution is 5.90. The molecule has 1 aromatic carbocycles. The van der Waals surface area contributed by atoms with E-state index in [2.05, 4.69) is 20.6 Å². The van der Waals surface area contributed by atoms with E-state index in [1.165, 1.54) is 0 Å². The number of hydrogen-bond donors (Lipinski definition) is 2. The minimum atomic E-state index is -4.51. The molecule has 0 aliphatic carbocycles. The Morgan fingerprint density at radius 3 is 2.46 bits per heavy atom. The number of rotatable bonds is 5. The van der Waals surface area contributed by atoms with Crippen LogP contribution in [0.4, 0.5) is 24.8 Å². The molecule has 1 unspecified atom stereocenters. The molecule has 1 atom stereocenters. The number of anilines is 2. The van der Waals surface area contributed by atoms with Gasteiger partial charge in [0, 0.05) is 18.3 Å². The van der Waals surface area contributed by atoms with E-state index in [1.54, 1.807) is 38.1 Å². The molecule has 0 bridgehead atoms. The van der Waals surface area contributed by atoms with Crippen LogP contribution in [0.15, 0.2) is 36.5 Å². The van der Waals surface area contributed by atoms with Gasteiger partial charge in [-0.05, 0) is 30.7 Å². The fraction of sp³-hybridized carbons (Fsp3) is 0.312. The highest BCUT2D eigenvalue weighted by Gasteiger charge is 2.32. The number of nitrogens with zero attached hydrogens (tertiary/aromatic N) is 2. The van der Waals surface area contributed by atoms with Crippen LogP contribution in [-0.4, -0.2) is 15.9 Å². The Bertz CT molecular complexity index is 701. The van der Waals surface area contributed by atoms with Gasteiger partial charge in [0.2, 0.25) is 11.9 Å². The molecule has 0 fully saturated rings. The van der Waals surface area contributed by atoms with Crippen LogP contribution in [0.1, 0.15) is 37.6 Å². The Hall–Kier alpha value is -2.64. The van der Waals surface area contributed by atoms with Gasteiger partial charge < -0.3 is 10.6 Å². The number of halogens is 3. The summed E-state index contributed by atoms with van der Waals surface area (Å²) in [5.41, 5.74) is 0.489. The van der Waals surface area contributed by atoms with E-state index < -0.39 is 11.9 Å². The van der Waals surface area contributed by atoms with E-state index in [0.29, 0.717) is 12.1 Å². The monoisotopic (exact) mass is 338 g/mol. The molecule has 0 spiro atoms. The van der Waals surface area contributed by atoms with Crippen molar-refractivity contribution in [2.45, 2.75) is 32.5 Å². The zero-order valence-corrected chi connectivity index (χ0v) is 13.2. The average molecular weight is 338 g/mol. The molecule has 0 radical (unpaired) electrons. The third kappa shape index (κ3) is 4.68. The van der Waals surface area contributed by atoms with Crippen molar-refractivity contribution in [3.8, 4) is 0 Å². The number of benzene rings is 1. The summed E-state index contributed by atoms with van der Waals surface area (Å²) < 4.78 is 38.0. The van der Waals surface area contributed by atoms with Crippen LogP contribution < -0.4 is 10.6 Å². The van der Waals surface area contributed by atoms with Crippen molar-refractivity contribution >= 4 is 17.5 Å². The zero-order chi connectivity index (χ0) is 17.7. The SMILES string of the molecule is CCC(=O)Nc1ccc(C(C)Nc2nccc(C(F)(F)F)n2)cc1. The number of carbonyl (C=O) groups is 1. The van der Waals surface area contributed by atoms with Gasteiger partial charge in [-0.1, -0.05) is 19.1 Å². The molecule has 8 heteroatoms. The van der Waals surface area contributed by atoms with E-state index in [-0.39, 0.29) is 17.9 Å². The number of nitrogens with one attached hydrogen (secondary N) is 2. The van der Waals surface area contributed by atoms with Crippen LogP contribution in [0.5, 0.6) is 0 Å². The Morgan fingerprint density at radius 2 is 1.88 bits per heavy atom. The van der Waals surface area contributed by atoms with Gasteiger partial charge in [-0.25, -0.2) is 9.97 Å². The minimum Gasteiger partial charge on any atom is -0.348 e. The van der Waals surface area contributed by atoms with E-state index >= 15 is 0 Å². The summed E-state index contributed by atoms with van der Waals surface area (Å²) in [5, 5.41) is 5.55. The fourth-order valence-corrected chi connectivity index (χ4v) is 1.97. The van der Waals surface area contributed by atoms with E-state index in [0.717, 1.165) is 17.8 Å². The molecule has 0 saturated heterocycles. The normalized spacial score (nSPS) is 12.5. The lowest BCUT2D eigenvalue weighted by atomic mass is 10.1. The maximum atomic E-state index is 12.7. The number of aromatic nitrogens is 2. The largest absolute Gasteiger partial charge is 0.433 e. The van der Waals surface area contributed by atoms with Gasteiger partial charge in [0.15, 0.2) is 0 Å². The maximum absolute atomic E-state index is 12.7. The third-order valence-electron chi connectivity index (χ3n) is 3.31. The van der Waals surface area contributed by atoms with E-state index in [4.69, 9.17) is 0 Å². The highest BCUT2D eigenvalue weighted by atomic mass is 19.4. The van der Waals surface area contributed by atoms with Gasteiger partial charge in [-0.2, -0.15) is 13.2 Å². The van der Waals surface area contributed by atoms with Crippen molar-refractivity contribution in [2.24, 2.45) is 0 Å². The quantitative estimate of drug-likeness (QED) is 0.864. The van der Waals surface area contributed by atoms with Gasteiger partial charge in [-0.15, -0.1) is 0 Å². The highest BCUT2D eigenvalue weighted by Crippen LogP contribution is 2.28. The summed E-state index contributed by atoms with van der Waals surface area (Å²) >= 11 is 0. The van der Waals surface area contributed by atoms with Gasteiger partial charge in [0.25, 0.3) is 0 Å². The molecule has 2 aromatic rings. The van der Waals surface area contributed by atoms with Crippen molar-refractivity contribution < 1.29 is 18.0 Å². The van der Waals surface area contributed by atoms with E-state index in [9.17, 15) is 18.0 Å². The van der Waals surface area contributed by atoms with Crippen LogP contribution in [0.3, 0.4) is 0 Å². The third-order valence-corrected chi connectivity index (χ3v) is 3.31. The first kappa shape index (κ1) is 17.7. The fourth-order valence-electron chi connectivity index (χ4n) is 1.97. The number of carbonyl (C=O) groups excluding carboxylic acids is 1. The lowest BCUT2D eigenvalue weighted by molar-refractivity contribution is -0.141. The Labute approximate surface area is 137 Å². The summed E-state index contributed by atoms with van der Waals surface area (Å²) in [6.07, 6.45) is -3.07. The molecule has 0 saturated carbocycles. The molecule has 5 nitrogen and oxygen atoms in total. The molecular formula is C16H17F3N4O. The second kappa shape index (κ2) is 7.29. The molecule has 0 aliphatic rings. The average Bonchev–Trinajstić information content (AvgIpc) is 2.54. The predicted molar refractivity (Wildman–Crippen MR) is 84.4 cm³/mol. The summed E-state index contributed by atoms with van der Waals surface area (Å²) in [6, 6.07) is 7.53. The number of alkyl halides is 3. The van der Waals surface area contributed by atoms with Gasteiger partial charge in [-0.3, -0.25) is 4.79 Å². The lowest BCUT2D eigenvalue weighted by Crippen LogP contribution is -2.14. The first-order chi connectivity index (χ1) is 11.3. The molecular weight excluding hydrogens is 321 g/mol. The van der Waals surface area contributed by atoms with E-state index in [1.807, 2.05) is 0 Å². The van der Waals surface area contributed by atoms with Gasteiger partial charge >= 0.3 is 6.18 Å². The zero-order valence-electron chi connectivity index (χ0n) is 13.2.